The van der Waals surface area contributed by atoms with Crippen LogP contribution in [0.15, 0.2) is 41.0 Å². The molecule has 0 radical (unpaired) electrons. The molecule has 1 N–H and O–H groups in total. The second kappa shape index (κ2) is 6.88. The molecule has 27 heavy (non-hydrogen) atoms. The van der Waals surface area contributed by atoms with Crippen molar-refractivity contribution in [1.29, 1.82) is 0 Å². The van der Waals surface area contributed by atoms with Gasteiger partial charge in [-0.25, -0.2) is 9.37 Å². The fourth-order valence-electron chi connectivity index (χ4n) is 3.35. The Kier molecular flexibility index (Phi) is 4.55. The average molecular weight is 429 g/mol. The lowest BCUT2D eigenvalue weighted by atomic mass is 10.0. The van der Waals surface area contributed by atoms with Gasteiger partial charge in [-0.3, -0.25) is 9.78 Å². The Bertz CT molecular complexity index is 1050. The molecule has 5 nitrogen and oxygen atoms in total. The molecule has 1 fully saturated rings. The van der Waals surface area contributed by atoms with Crippen LogP contribution < -0.4 is 10.2 Å². The van der Waals surface area contributed by atoms with Gasteiger partial charge in [-0.1, -0.05) is 0 Å². The summed E-state index contributed by atoms with van der Waals surface area (Å²) in [5.74, 6) is -0.211. The van der Waals surface area contributed by atoms with Crippen molar-refractivity contribution in [2.75, 3.05) is 18.0 Å². The van der Waals surface area contributed by atoms with E-state index < -0.39 is 0 Å². The number of benzene rings is 1. The van der Waals surface area contributed by atoms with E-state index in [1.165, 1.54) is 0 Å². The van der Waals surface area contributed by atoms with Gasteiger partial charge in [-0.15, -0.1) is 0 Å². The molecule has 0 spiro atoms. The number of aromatic nitrogens is 2. The van der Waals surface area contributed by atoms with E-state index in [0.29, 0.717) is 28.9 Å². The zero-order chi connectivity index (χ0) is 19.1. The van der Waals surface area contributed by atoms with E-state index in [1.807, 2.05) is 36.9 Å². The minimum absolute atomic E-state index is 0.0365. The summed E-state index contributed by atoms with van der Waals surface area (Å²) in [6, 6.07) is 9.07. The SMILES string of the molecule is Cc1cc(C)c2cc(C(=O)NC3CN(c4nccc(Br)c4F)C3)ccc2n1. The Balaban J connectivity index is 1.45. The quantitative estimate of drug-likeness (QED) is 0.689. The number of halogens is 2. The molecule has 4 rings (SSSR count). The van der Waals surface area contributed by atoms with Crippen molar-refractivity contribution < 1.29 is 9.18 Å². The molecule has 138 valence electrons. The molecular weight excluding hydrogens is 411 g/mol. The van der Waals surface area contributed by atoms with Crippen LogP contribution in [0.2, 0.25) is 0 Å². The van der Waals surface area contributed by atoms with E-state index in [4.69, 9.17) is 0 Å². The lowest BCUT2D eigenvalue weighted by molar-refractivity contribution is 0.0930. The number of fused-ring (bicyclic) bond motifs is 1. The topological polar surface area (TPSA) is 58.1 Å². The number of anilines is 1. The molecule has 0 unspecified atom stereocenters. The first kappa shape index (κ1) is 17.9. The number of aryl methyl sites for hydroxylation is 2. The third kappa shape index (κ3) is 3.39. The Hall–Kier alpha value is -2.54. The summed E-state index contributed by atoms with van der Waals surface area (Å²) in [5.41, 5.74) is 3.54. The number of nitrogens with zero attached hydrogens (tertiary/aromatic N) is 3. The number of rotatable bonds is 3. The van der Waals surface area contributed by atoms with E-state index in [1.54, 1.807) is 18.3 Å². The minimum Gasteiger partial charge on any atom is -0.350 e. The Morgan fingerprint density at radius 1 is 1.26 bits per heavy atom. The highest BCUT2D eigenvalue weighted by Crippen LogP contribution is 2.27. The fourth-order valence-corrected chi connectivity index (χ4v) is 3.64. The zero-order valence-electron chi connectivity index (χ0n) is 15.0. The number of hydrogen-bond acceptors (Lipinski definition) is 4. The van der Waals surface area contributed by atoms with Gasteiger partial charge in [0.1, 0.15) is 0 Å². The Labute approximate surface area is 164 Å². The van der Waals surface area contributed by atoms with Gasteiger partial charge in [-0.05, 0) is 65.7 Å². The predicted octanol–water partition coefficient (Wildman–Crippen LogP) is 3.77. The smallest absolute Gasteiger partial charge is 0.251 e. The molecular formula is C20H18BrFN4O. The van der Waals surface area contributed by atoms with Crippen molar-refractivity contribution in [3.05, 3.63) is 63.6 Å². The van der Waals surface area contributed by atoms with Crippen molar-refractivity contribution in [1.82, 2.24) is 15.3 Å². The summed E-state index contributed by atoms with van der Waals surface area (Å²) in [6.07, 6.45) is 1.56. The molecule has 1 aliphatic rings. The Morgan fingerprint density at radius 3 is 2.81 bits per heavy atom. The lowest BCUT2D eigenvalue weighted by Gasteiger charge is -2.40. The number of pyridine rings is 2. The highest BCUT2D eigenvalue weighted by atomic mass is 79.9. The van der Waals surface area contributed by atoms with E-state index in [2.05, 4.69) is 31.2 Å². The number of nitrogens with one attached hydrogen (secondary N) is 1. The van der Waals surface area contributed by atoms with Crippen molar-refractivity contribution in [2.24, 2.45) is 0 Å². The molecule has 1 saturated heterocycles. The second-order valence-corrected chi connectivity index (χ2v) is 7.67. The highest BCUT2D eigenvalue weighted by molar-refractivity contribution is 9.10. The average Bonchev–Trinajstić information content (AvgIpc) is 2.60. The van der Waals surface area contributed by atoms with Crippen LogP contribution in [-0.4, -0.2) is 35.0 Å². The first-order valence-corrected chi connectivity index (χ1v) is 9.45. The maximum absolute atomic E-state index is 14.1. The largest absolute Gasteiger partial charge is 0.350 e. The minimum atomic E-state index is -0.380. The van der Waals surface area contributed by atoms with Crippen LogP contribution >= 0.6 is 15.9 Å². The Morgan fingerprint density at radius 2 is 2.04 bits per heavy atom. The molecule has 7 heteroatoms. The van der Waals surface area contributed by atoms with Gasteiger partial charge in [0.2, 0.25) is 0 Å². The summed E-state index contributed by atoms with van der Waals surface area (Å²) in [4.78, 5) is 23.0. The third-order valence-electron chi connectivity index (χ3n) is 4.75. The number of carbonyl (C=O) groups is 1. The predicted molar refractivity (Wildman–Crippen MR) is 107 cm³/mol. The lowest BCUT2D eigenvalue weighted by Crippen LogP contribution is -2.60. The fraction of sp³-hybridized carbons (Fsp3) is 0.250. The summed E-state index contributed by atoms with van der Waals surface area (Å²) in [5, 5.41) is 3.97. The number of carbonyl (C=O) groups excluding carboxylic acids is 1. The van der Waals surface area contributed by atoms with E-state index in [-0.39, 0.29) is 17.8 Å². The van der Waals surface area contributed by atoms with Crippen LogP contribution in [0.1, 0.15) is 21.6 Å². The van der Waals surface area contributed by atoms with Crippen LogP contribution in [0.25, 0.3) is 10.9 Å². The first-order valence-electron chi connectivity index (χ1n) is 8.66. The van der Waals surface area contributed by atoms with Crippen LogP contribution in [-0.2, 0) is 0 Å². The van der Waals surface area contributed by atoms with E-state index in [0.717, 1.165) is 22.2 Å². The second-order valence-electron chi connectivity index (χ2n) is 6.82. The normalized spacial score (nSPS) is 14.3. The summed E-state index contributed by atoms with van der Waals surface area (Å²) in [6.45, 7) is 5.03. The van der Waals surface area contributed by atoms with Gasteiger partial charge < -0.3 is 10.2 Å². The van der Waals surface area contributed by atoms with E-state index >= 15 is 0 Å². The first-order chi connectivity index (χ1) is 12.9. The molecule has 0 saturated carbocycles. The molecule has 2 aromatic heterocycles. The van der Waals surface area contributed by atoms with Crippen molar-refractivity contribution in [3.8, 4) is 0 Å². The summed E-state index contributed by atoms with van der Waals surface area (Å²) in [7, 11) is 0. The summed E-state index contributed by atoms with van der Waals surface area (Å²) >= 11 is 3.17. The van der Waals surface area contributed by atoms with Crippen LogP contribution in [0.5, 0.6) is 0 Å². The van der Waals surface area contributed by atoms with Gasteiger partial charge in [0.05, 0.1) is 16.0 Å². The summed E-state index contributed by atoms with van der Waals surface area (Å²) < 4.78 is 14.5. The number of hydrogen-bond donors (Lipinski definition) is 1. The molecule has 3 heterocycles. The maximum atomic E-state index is 14.1. The molecule has 0 bridgehead atoms. The van der Waals surface area contributed by atoms with Crippen molar-refractivity contribution in [2.45, 2.75) is 19.9 Å². The molecule has 1 aromatic carbocycles. The van der Waals surface area contributed by atoms with Crippen LogP contribution in [0, 0.1) is 19.7 Å². The van der Waals surface area contributed by atoms with Crippen molar-refractivity contribution in [3.63, 3.8) is 0 Å². The molecule has 0 aliphatic carbocycles. The molecule has 1 amide bonds. The third-order valence-corrected chi connectivity index (χ3v) is 5.36. The van der Waals surface area contributed by atoms with Gasteiger partial charge in [0, 0.05) is 35.9 Å². The van der Waals surface area contributed by atoms with Gasteiger partial charge in [0.15, 0.2) is 11.6 Å². The molecule has 3 aromatic rings. The monoisotopic (exact) mass is 428 g/mol. The van der Waals surface area contributed by atoms with Gasteiger partial charge in [-0.2, -0.15) is 0 Å². The zero-order valence-corrected chi connectivity index (χ0v) is 16.5. The van der Waals surface area contributed by atoms with Crippen LogP contribution in [0.3, 0.4) is 0 Å². The van der Waals surface area contributed by atoms with E-state index in [9.17, 15) is 9.18 Å². The number of amides is 1. The van der Waals surface area contributed by atoms with Crippen LogP contribution in [0.4, 0.5) is 10.2 Å². The molecule has 1 aliphatic heterocycles. The van der Waals surface area contributed by atoms with Gasteiger partial charge >= 0.3 is 0 Å². The standard InChI is InChI=1S/C20H18BrFN4O/c1-11-7-12(2)24-17-4-3-13(8-15(11)17)20(27)25-14-9-26(10-14)19-18(22)16(21)5-6-23-19/h3-8,14H,9-10H2,1-2H3,(H,25,27). The highest BCUT2D eigenvalue weighted by Gasteiger charge is 2.31. The van der Waals surface area contributed by atoms with Gasteiger partial charge in [0.25, 0.3) is 5.91 Å². The maximum Gasteiger partial charge on any atom is 0.251 e. The van der Waals surface area contributed by atoms with Crippen molar-refractivity contribution >= 4 is 38.6 Å². The molecule has 0 atom stereocenters.